The molecule has 19 heavy (non-hydrogen) atoms. The Morgan fingerprint density at radius 1 is 1.47 bits per heavy atom. The number of anilines is 2. The third-order valence-corrected chi connectivity index (χ3v) is 4.17. The molecule has 0 aliphatic carbocycles. The fourth-order valence-corrected chi connectivity index (χ4v) is 2.71. The number of rotatable bonds is 4. The van der Waals surface area contributed by atoms with Crippen LogP contribution in [0, 0.1) is 0 Å². The summed E-state index contributed by atoms with van der Waals surface area (Å²) in [7, 11) is -3.72. The number of primary sulfonamides is 1. The standard InChI is InChI=1S/C12H19N3O3S/c1-8(12-3-2-6-18-12)15-11-7-9(19(14,16)17)4-5-10(11)13/h4-5,7-8,12,15H,2-3,6,13H2,1H3,(H2,14,16,17). The van der Waals surface area contributed by atoms with Crippen molar-refractivity contribution in [3.63, 3.8) is 0 Å². The Kier molecular flexibility index (Phi) is 3.98. The Bertz CT molecular complexity index is 553. The van der Waals surface area contributed by atoms with Crippen LogP contribution in [0.15, 0.2) is 23.1 Å². The molecule has 7 heteroatoms. The van der Waals surface area contributed by atoms with Crippen LogP contribution >= 0.6 is 0 Å². The molecule has 0 saturated carbocycles. The average Bonchev–Trinajstić information content (AvgIpc) is 2.84. The molecular weight excluding hydrogens is 266 g/mol. The van der Waals surface area contributed by atoms with E-state index in [1.165, 1.54) is 18.2 Å². The van der Waals surface area contributed by atoms with Crippen LogP contribution in [-0.4, -0.2) is 27.2 Å². The van der Waals surface area contributed by atoms with Crippen molar-refractivity contribution in [3.05, 3.63) is 18.2 Å². The van der Waals surface area contributed by atoms with Crippen molar-refractivity contribution < 1.29 is 13.2 Å². The number of sulfonamides is 1. The van der Waals surface area contributed by atoms with Gasteiger partial charge in [-0.05, 0) is 38.0 Å². The topological polar surface area (TPSA) is 107 Å². The summed E-state index contributed by atoms with van der Waals surface area (Å²) in [6.07, 6.45) is 2.16. The lowest BCUT2D eigenvalue weighted by molar-refractivity contribution is 0.0997. The van der Waals surface area contributed by atoms with E-state index in [4.69, 9.17) is 15.6 Å². The molecule has 1 aromatic carbocycles. The van der Waals surface area contributed by atoms with Gasteiger partial charge in [0.1, 0.15) is 0 Å². The van der Waals surface area contributed by atoms with E-state index in [2.05, 4.69) is 5.32 Å². The molecule has 2 unspecified atom stereocenters. The first-order chi connectivity index (χ1) is 8.88. The lowest BCUT2D eigenvalue weighted by atomic mass is 10.1. The molecule has 0 spiro atoms. The Labute approximate surface area is 113 Å². The second-order valence-corrected chi connectivity index (χ2v) is 6.34. The summed E-state index contributed by atoms with van der Waals surface area (Å²) in [6.45, 7) is 2.75. The lowest BCUT2D eigenvalue weighted by Gasteiger charge is -2.22. The maximum absolute atomic E-state index is 11.3. The number of hydrogen-bond acceptors (Lipinski definition) is 5. The molecule has 1 saturated heterocycles. The molecule has 2 rings (SSSR count). The minimum atomic E-state index is -3.72. The molecule has 5 N–H and O–H groups in total. The minimum Gasteiger partial charge on any atom is -0.397 e. The first-order valence-corrected chi connectivity index (χ1v) is 7.73. The Balaban J connectivity index is 2.19. The van der Waals surface area contributed by atoms with Gasteiger partial charge in [0.05, 0.1) is 22.4 Å². The lowest BCUT2D eigenvalue weighted by Crippen LogP contribution is -2.30. The van der Waals surface area contributed by atoms with Gasteiger partial charge in [0.2, 0.25) is 10.0 Å². The van der Waals surface area contributed by atoms with Gasteiger partial charge in [-0.3, -0.25) is 0 Å². The fourth-order valence-electron chi connectivity index (χ4n) is 2.17. The molecule has 1 fully saturated rings. The molecule has 106 valence electrons. The predicted molar refractivity (Wildman–Crippen MR) is 74.3 cm³/mol. The van der Waals surface area contributed by atoms with E-state index < -0.39 is 10.0 Å². The minimum absolute atomic E-state index is 0.0451. The van der Waals surface area contributed by atoms with Crippen LogP contribution in [0.4, 0.5) is 11.4 Å². The molecule has 1 aliphatic rings. The molecule has 0 aromatic heterocycles. The zero-order valence-corrected chi connectivity index (χ0v) is 11.6. The highest BCUT2D eigenvalue weighted by Crippen LogP contribution is 2.25. The fraction of sp³-hybridized carbons (Fsp3) is 0.500. The molecule has 1 heterocycles. The van der Waals surface area contributed by atoms with Crippen molar-refractivity contribution in [2.45, 2.75) is 36.8 Å². The van der Waals surface area contributed by atoms with E-state index in [1.54, 1.807) is 0 Å². The maximum atomic E-state index is 11.3. The zero-order valence-electron chi connectivity index (χ0n) is 10.8. The van der Waals surface area contributed by atoms with E-state index in [0.717, 1.165) is 19.4 Å². The van der Waals surface area contributed by atoms with Crippen molar-refractivity contribution >= 4 is 21.4 Å². The highest BCUT2D eigenvalue weighted by molar-refractivity contribution is 7.89. The first-order valence-electron chi connectivity index (χ1n) is 6.18. The number of benzene rings is 1. The van der Waals surface area contributed by atoms with Crippen molar-refractivity contribution in [1.29, 1.82) is 0 Å². The normalized spacial score (nSPS) is 21.3. The van der Waals surface area contributed by atoms with Gasteiger partial charge in [0.15, 0.2) is 0 Å². The zero-order chi connectivity index (χ0) is 14.0. The maximum Gasteiger partial charge on any atom is 0.238 e. The molecule has 1 aliphatic heterocycles. The van der Waals surface area contributed by atoms with Gasteiger partial charge >= 0.3 is 0 Å². The molecule has 2 atom stereocenters. The van der Waals surface area contributed by atoms with E-state index in [-0.39, 0.29) is 17.0 Å². The van der Waals surface area contributed by atoms with Crippen LogP contribution in [0.5, 0.6) is 0 Å². The molecule has 0 radical (unpaired) electrons. The van der Waals surface area contributed by atoms with E-state index in [1.807, 2.05) is 6.92 Å². The van der Waals surface area contributed by atoms with E-state index in [9.17, 15) is 8.42 Å². The van der Waals surface area contributed by atoms with E-state index in [0.29, 0.717) is 11.4 Å². The van der Waals surface area contributed by atoms with Crippen LogP contribution < -0.4 is 16.2 Å². The highest BCUT2D eigenvalue weighted by Gasteiger charge is 2.23. The van der Waals surface area contributed by atoms with Crippen molar-refractivity contribution in [3.8, 4) is 0 Å². The molecule has 6 nitrogen and oxygen atoms in total. The van der Waals surface area contributed by atoms with Crippen molar-refractivity contribution in [2.24, 2.45) is 5.14 Å². The van der Waals surface area contributed by atoms with Gasteiger partial charge < -0.3 is 15.8 Å². The average molecular weight is 285 g/mol. The summed E-state index contributed by atoms with van der Waals surface area (Å²) in [6, 6.07) is 4.44. The van der Waals surface area contributed by atoms with Crippen molar-refractivity contribution in [2.75, 3.05) is 17.7 Å². The predicted octanol–water partition coefficient (Wildman–Crippen LogP) is 0.896. The van der Waals surface area contributed by atoms with Crippen LogP contribution in [0.25, 0.3) is 0 Å². The number of ether oxygens (including phenoxy) is 1. The van der Waals surface area contributed by atoms with Crippen molar-refractivity contribution in [1.82, 2.24) is 0 Å². The summed E-state index contributed by atoms with van der Waals surface area (Å²) in [5, 5.41) is 8.30. The second kappa shape index (κ2) is 5.36. The van der Waals surface area contributed by atoms with E-state index >= 15 is 0 Å². The van der Waals surface area contributed by atoms with Gasteiger partial charge in [0.25, 0.3) is 0 Å². The van der Waals surface area contributed by atoms with Gasteiger partial charge in [-0.2, -0.15) is 0 Å². The van der Waals surface area contributed by atoms with Gasteiger partial charge in [-0.25, -0.2) is 13.6 Å². The first kappa shape index (κ1) is 14.1. The third-order valence-electron chi connectivity index (χ3n) is 3.26. The largest absolute Gasteiger partial charge is 0.397 e. The third kappa shape index (κ3) is 3.37. The van der Waals surface area contributed by atoms with Crippen LogP contribution in [0.3, 0.4) is 0 Å². The quantitative estimate of drug-likeness (QED) is 0.712. The molecule has 0 bridgehead atoms. The van der Waals surface area contributed by atoms with Gasteiger partial charge in [-0.15, -0.1) is 0 Å². The molecule has 0 amide bonds. The smallest absolute Gasteiger partial charge is 0.238 e. The summed E-state index contributed by atoms with van der Waals surface area (Å²) >= 11 is 0. The van der Waals surface area contributed by atoms with Gasteiger partial charge in [0, 0.05) is 12.6 Å². The number of hydrogen-bond donors (Lipinski definition) is 3. The highest BCUT2D eigenvalue weighted by atomic mass is 32.2. The summed E-state index contributed by atoms with van der Waals surface area (Å²) in [5.41, 5.74) is 6.89. The molecule has 1 aromatic rings. The summed E-state index contributed by atoms with van der Waals surface area (Å²) < 4.78 is 28.2. The Morgan fingerprint density at radius 3 is 2.79 bits per heavy atom. The Morgan fingerprint density at radius 2 is 2.21 bits per heavy atom. The Hall–Kier alpha value is -1.31. The number of nitrogens with two attached hydrogens (primary N) is 2. The number of nitrogen functional groups attached to an aromatic ring is 1. The summed E-state index contributed by atoms with van der Waals surface area (Å²) in [4.78, 5) is 0.0451. The summed E-state index contributed by atoms with van der Waals surface area (Å²) in [5.74, 6) is 0. The van der Waals surface area contributed by atoms with Crippen LogP contribution in [0.1, 0.15) is 19.8 Å². The van der Waals surface area contributed by atoms with Gasteiger partial charge in [-0.1, -0.05) is 0 Å². The SMILES string of the molecule is CC(Nc1cc(S(N)(=O)=O)ccc1N)C1CCCO1. The number of nitrogens with one attached hydrogen (secondary N) is 1. The second-order valence-electron chi connectivity index (χ2n) is 4.78. The molecular formula is C12H19N3O3S. The van der Waals surface area contributed by atoms with Crippen LogP contribution in [-0.2, 0) is 14.8 Å². The monoisotopic (exact) mass is 285 g/mol. The van der Waals surface area contributed by atoms with Crippen LogP contribution in [0.2, 0.25) is 0 Å².